The zero-order chi connectivity index (χ0) is 17.6. The molecule has 2 aromatic rings. The number of rotatable bonds is 7. The van der Waals surface area contributed by atoms with Gasteiger partial charge in [-0.25, -0.2) is 0 Å². The minimum absolute atomic E-state index is 0. The molecular weight excluding hydrogens is 381 g/mol. The number of carbonyl (C=O) groups is 1. The van der Waals surface area contributed by atoms with Crippen molar-refractivity contribution in [2.45, 2.75) is 33.0 Å². The van der Waals surface area contributed by atoms with E-state index in [2.05, 4.69) is 59.7 Å². The molecule has 1 heterocycles. The van der Waals surface area contributed by atoms with Gasteiger partial charge < -0.3 is 10.6 Å². The van der Waals surface area contributed by atoms with Crippen LogP contribution in [0.15, 0.2) is 48.5 Å². The molecule has 0 saturated heterocycles. The Hall–Kier alpha value is -1.59. The fraction of sp³-hybridized carbons (Fsp3) is 0.381. The van der Waals surface area contributed by atoms with E-state index in [0.29, 0.717) is 6.54 Å². The Labute approximate surface area is 174 Å². The van der Waals surface area contributed by atoms with Crippen molar-refractivity contribution < 1.29 is 4.79 Å². The predicted molar refractivity (Wildman–Crippen MR) is 116 cm³/mol. The number of halogens is 2. The second-order valence-corrected chi connectivity index (χ2v) is 6.44. The van der Waals surface area contributed by atoms with Crippen LogP contribution in [0.2, 0.25) is 0 Å². The molecule has 0 bridgehead atoms. The summed E-state index contributed by atoms with van der Waals surface area (Å²) in [5, 5.41) is 6.45. The fourth-order valence-corrected chi connectivity index (χ4v) is 3.52. The minimum atomic E-state index is 0. The topological polar surface area (TPSA) is 44.4 Å². The van der Waals surface area contributed by atoms with Gasteiger partial charge in [0.05, 0.1) is 6.04 Å². The summed E-state index contributed by atoms with van der Waals surface area (Å²) in [6, 6.07) is 16.6. The second-order valence-electron chi connectivity index (χ2n) is 6.44. The number of nitrogens with zero attached hydrogens (tertiary/aromatic N) is 1. The maximum Gasteiger partial charge on any atom is 0.251 e. The van der Waals surface area contributed by atoms with Crippen molar-refractivity contribution >= 4 is 30.7 Å². The summed E-state index contributed by atoms with van der Waals surface area (Å²) in [5.74, 6) is 0.00258. The molecule has 0 fully saturated rings. The van der Waals surface area contributed by atoms with Crippen LogP contribution >= 0.6 is 24.8 Å². The van der Waals surface area contributed by atoms with E-state index in [4.69, 9.17) is 0 Å². The molecule has 0 spiro atoms. The van der Waals surface area contributed by atoms with Crippen LogP contribution in [0.25, 0.3) is 0 Å². The second kappa shape index (κ2) is 11.3. The van der Waals surface area contributed by atoms with Crippen molar-refractivity contribution in [3.05, 3.63) is 70.8 Å². The van der Waals surface area contributed by atoms with E-state index in [9.17, 15) is 4.79 Å². The molecule has 1 unspecified atom stereocenters. The van der Waals surface area contributed by atoms with Crippen molar-refractivity contribution in [2.75, 3.05) is 19.6 Å². The number of fused-ring (bicyclic) bond motifs is 1. The molecule has 1 atom stereocenters. The van der Waals surface area contributed by atoms with E-state index in [0.717, 1.165) is 31.7 Å². The van der Waals surface area contributed by atoms with Gasteiger partial charge in [-0.1, -0.05) is 50.2 Å². The van der Waals surface area contributed by atoms with Gasteiger partial charge in [0.25, 0.3) is 5.91 Å². The number of nitrogens with one attached hydrogen (secondary N) is 2. The molecule has 0 aromatic heterocycles. The number of likely N-dealkylation sites (N-methyl/N-ethyl adjacent to an activating group) is 1. The summed E-state index contributed by atoms with van der Waals surface area (Å²) in [5.41, 5.74) is 4.51. The summed E-state index contributed by atoms with van der Waals surface area (Å²) in [6.45, 7) is 8.59. The fourth-order valence-electron chi connectivity index (χ4n) is 3.52. The molecule has 0 radical (unpaired) electrons. The maximum absolute atomic E-state index is 12.6. The zero-order valence-electron chi connectivity index (χ0n) is 15.9. The summed E-state index contributed by atoms with van der Waals surface area (Å²) in [4.78, 5) is 15.0. The Morgan fingerprint density at radius 2 is 1.70 bits per heavy atom. The first-order chi connectivity index (χ1) is 12.2. The SMILES string of the molecule is CCN(CC)C(CNC(=O)c1ccc2c(c1)CNC2)c1ccccc1.Cl.Cl. The summed E-state index contributed by atoms with van der Waals surface area (Å²) in [6.07, 6.45) is 0. The summed E-state index contributed by atoms with van der Waals surface area (Å²) in [7, 11) is 0. The summed E-state index contributed by atoms with van der Waals surface area (Å²) < 4.78 is 0. The molecule has 1 amide bonds. The first-order valence-electron chi connectivity index (χ1n) is 9.12. The number of hydrogen-bond donors (Lipinski definition) is 2. The van der Waals surface area contributed by atoms with E-state index in [1.165, 1.54) is 16.7 Å². The lowest BCUT2D eigenvalue weighted by Gasteiger charge is -2.30. The lowest BCUT2D eigenvalue weighted by atomic mass is 10.0. The standard InChI is InChI=1S/C21H27N3O.2ClH/c1-3-24(4-2)20(16-8-6-5-7-9-16)15-23-21(25)17-10-11-18-13-22-14-19(18)12-17;;/h5-12,20,22H,3-4,13-15H2,1-2H3,(H,23,25);2*1H. The average Bonchev–Trinajstić information content (AvgIpc) is 3.13. The Bertz CT molecular complexity index is 721. The van der Waals surface area contributed by atoms with Crippen LogP contribution in [0.5, 0.6) is 0 Å². The lowest BCUT2D eigenvalue weighted by Crippen LogP contribution is -2.38. The van der Waals surface area contributed by atoms with Gasteiger partial charge in [0, 0.05) is 25.2 Å². The molecule has 0 aliphatic carbocycles. The Morgan fingerprint density at radius 1 is 1.04 bits per heavy atom. The highest BCUT2D eigenvalue weighted by molar-refractivity contribution is 5.94. The largest absolute Gasteiger partial charge is 0.350 e. The molecule has 3 rings (SSSR count). The summed E-state index contributed by atoms with van der Waals surface area (Å²) >= 11 is 0. The van der Waals surface area contributed by atoms with E-state index in [-0.39, 0.29) is 36.8 Å². The molecular formula is C21H29Cl2N3O. The number of amides is 1. The third kappa shape index (κ3) is 5.69. The quantitative estimate of drug-likeness (QED) is 0.727. The van der Waals surface area contributed by atoms with Crippen LogP contribution in [0.3, 0.4) is 0 Å². The number of hydrogen-bond acceptors (Lipinski definition) is 3. The molecule has 4 nitrogen and oxygen atoms in total. The highest BCUT2D eigenvalue weighted by Crippen LogP contribution is 2.20. The van der Waals surface area contributed by atoms with Gasteiger partial charge in [-0.05, 0) is 41.9 Å². The molecule has 6 heteroatoms. The molecule has 0 saturated carbocycles. The molecule has 1 aliphatic heterocycles. The monoisotopic (exact) mass is 409 g/mol. The van der Waals surface area contributed by atoms with E-state index >= 15 is 0 Å². The maximum atomic E-state index is 12.6. The van der Waals surface area contributed by atoms with Crippen LogP contribution in [-0.4, -0.2) is 30.4 Å². The Balaban J connectivity index is 0.00000182. The van der Waals surface area contributed by atoms with Crippen LogP contribution in [0.1, 0.15) is 46.9 Å². The van der Waals surface area contributed by atoms with Crippen molar-refractivity contribution in [2.24, 2.45) is 0 Å². The smallest absolute Gasteiger partial charge is 0.251 e. The third-order valence-corrected chi connectivity index (χ3v) is 4.99. The van der Waals surface area contributed by atoms with Gasteiger partial charge >= 0.3 is 0 Å². The van der Waals surface area contributed by atoms with Crippen LogP contribution in [0.4, 0.5) is 0 Å². The highest BCUT2D eigenvalue weighted by atomic mass is 35.5. The van der Waals surface area contributed by atoms with E-state index < -0.39 is 0 Å². The first-order valence-corrected chi connectivity index (χ1v) is 9.12. The molecule has 2 N–H and O–H groups in total. The highest BCUT2D eigenvalue weighted by Gasteiger charge is 2.19. The van der Waals surface area contributed by atoms with Crippen molar-refractivity contribution in [1.82, 2.24) is 15.5 Å². The van der Waals surface area contributed by atoms with Gasteiger partial charge in [0.2, 0.25) is 0 Å². The predicted octanol–water partition coefficient (Wildman–Crippen LogP) is 3.95. The van der Waals surface area contributed by atoms with E-state index in [1.807, 2.05) is 18.2 Å². The number of benzene rings is 2. The van der Waals surface area contributed by atoms with E-state index in [1.54, 1.807) is 0 Å². The van der Waals surface area contributed by atoms with Gasteiger partial charge in [0.15, 0.2) is 0 Å². The van der Waals surface area contributed by atoms with Gasteiger partial charge in [-0.15, -0.1) is 24.8 Å². The Morgan fingerprint density at radius 3 is 2.37 bits per heavy atom. The van der Waals surface area contributed by atoms with Gasteiger partial charge in [0.1, 0.15) is 0 Å². The van der Waals surface area contributed by atoms with Crippen LogP contribution < -0.4 is 10.6 Å². The van der Waals surface area contributed by atoms with Gasteiger partial charge in [-0.2, -0.15) is 0 Å². The first kappa shape index (κ1) is 23.4. The van der Waals surface area contributed by atoms with Crippen molar-refractivity contribution in [1.29, 1.82) is 0 Å². The molecule has 1 aliphatic rings. The molecule has 2 aromatic carbocycles. The van der Waals surface area contributed by atoms with Gasteiger partial charge in [-0.3, -0.25) is 9.69 Å². The zero-order valence-corrected chi connectivity index (χ0v) is 17.5. The lowest BCUT2D eigenvalue weighted by molar-refractivity contribution is 0.0935. The minimum Gasteiger partial charge on any atom is -0.350 e. The number of carbonyl (C=O) groups excluding carboxylic acids is 1. The normalized spacial score (nSPS) is 13.3. The molecule has 148 valence electrons. The van der Waals surface area contributed by atoms with Crippen LogP contribution in [0, 0.1) is 0 Å². The average molecular weight is 410 g/mol. The van der Waals surface area contributed by atoms with Crippen LogP contribution in [-0.2, 0) is 13.1 Å². The van der Waals surface area contributed by atoms with Crippen molar-refractivity contribution in [3.63, 3.8) is 0 Å². The van der Waals surface area contributed by atoms with Crippen molar-refractivity contribution in [3.8, 4) is 0 Å². The third-order valence-electron chi connectivity index (χ3n) is 4.99. The molecule has 27 heavy (non-hydrogen) atoms. The Kier molecular flexibility index (Phi) is 9.81.